The summed E-state index contributed by atoms with van der Waals surface area (Å²) in [5.74, 6) is -1.68. The molecular formula is C30H57NO5. The van der Waals surface area contributed by atoms with E-state index >= 15 is 0 Å². The number of esters is 1. The van der Waals surface area contributed by atoms with Crippen LogP contribution in [0.1, 0.15) is 162 Å². The van der Waals surface area contributed by atoms with Crippen molar-refractivity contribution in [3.8, 4) is 0 Å². The number of carbonyl (C=O) groups is 3. The molecule has 0 aromatic carbocycles. The van der Waals surface area contributed by atoms with Crippen LogP contribution in [0.3, 0.4) is 0 Å². The molecule has 36 heavy (non-hydrogen) atoms. The second-order valence-electron chi connectivity index (χ2n) is 10.3. The predicted molar refractivity (Wildman–Crippen MR) is 148 cm³/mol. The molecule has 212 valence electrons. The summed E-state index contributed by atoms with van der Waals surface area (Å²) in [5.41, 5.74) is 0. The van der Waals surface area contributed by atoms with Crippen LogP contribution in [-0.2, 0) is 19.1 Å². The molecule has 6 heteroatoms. The molecule has 0 heterocycles. The first-order chi connectivity index (χ1) is 17.5. The molecule has 0 rings (SSSR count). The van der Waals surface area contributed by atoms with Crippen molar-refractivity contribution in [2.24, 2.45) is 0 Å². The quantitative estimate of drug-likeness (QED) is 0.0858. The van der Waals surface area contributed by atoms with Crippen molar-refractivity contribution in [2.45, 2.75) is 168 Å². The monoisotopic (exact) mass is 511 g/mol. The standard InChI is InChI=1S/C30H57NO5/c1-3-5-7-9-11-13-15-17-19-21-23-28(32)31-27(24-25-29(33)34)30(35)36-26-22-20-18-16-14-12-10-8-6-4-2/h27H,3-26H2,1-2H3,(H,31,32)(H,33,34)/t27-/m0/s1. The minimum atomic E-state index is -0.980. The Labute approximate surface area is 221 Å². The van der Waals surface area contributed by atoms with Crippen molar-refractivity contribution in [3.05, 3.63) is 0 Å². The van der Waals surface area contributed by atoms with Gasteiger partial charge in [0.1, 0.15) is 6.04 Å². The SMILES string of the molecule is CCCCCCCCCCCCOC(=O)[C@H](CCC(=O)O)NC(=O)CCCCCCCCCCCC. The lowest BCUT2D eigenvalue weighted by molar-refractivity contribution is -0.148. The molecule has 0 fully saturated rings. The van der Waals surface area contributed by atoms with E-state index in [9.17, 15) is 14.4 Å². The van der Waals surface area contributed by atoms with E-state index in [0.717, 1.165) is 38.5 Å². The zero-order valence-electron chi connectivity index (χ0n) is 23.6. The third kappa shape index (κ3) is 24.1. The third-order valence-corrected chi connectivity index (χ3v) is 6.77. The van der Waals surface area contributed by atoms with Gasteiger partial charge >= 0.3 is 11.9 Å². The number of amides is 1. The summed E-state index contributed by atoms with van der Waals surface area (Å²) in [6, 6.07) is -0.875. The second kappa shape index (κ2) is 26.5. The minimum Gasteiger partial charge on any atom is -0.481 e. The van der Waals surface area contributed by atoms with Crippen LogP contribution in [0.15, 0.2) is 0 Å². The van der Waals surface area contributed by atoms with E-state index in [1.807, 2.05) is 0 Å². The molecule has 0 aliphatic heterocycles. The van der Waals surface area contributed by atoms with Gasteiger partial charge < -0.3 is 15.2 Å². The first-order valence-corrected chi connectivity index (χ1v) is 15.2. The zero-order chi connectivity index (χ0) is 26.7. The molecule has 0 aromatic heterocycles. The molecule has 2 N–H and O–H groups in total. The van der Waals surface area contributed by atoms with Gasteiger partial charge in [0, 0.05) is 12.8 Å². The van der Waals surface area contributed by atoms with Crippen LogP contribution in [0.2, 0.25) is 0 Å². The van der Waals surface area contributed by atoms with E-state index in [4.69, 9.17) is 9.84 Å². The first-order valence-electron chi connectivity index (χ1n) is 15.2. The lowest BCUT2D eigenvalue weighted by Crippen LogP contribution is -2.42. The lowest BCUT2D eigenvalue weighted by Gasteiger charge is -2.17. The van der Waals surface area contributed by atoms with Gasteiger partial charge in [-0.15, -0.1) is 0 Å². The Morgan fingerprint density at radius 3 is 1.47 bits per heavy atom. The Balaban J connectivity index is 3.97. The lowest BCUT2D eigenvalue weighted by atomic mass is 10.1. The van der Waals surface area contributed by atoms with Gasteiger partial charge in [0.15, 0.2) is 0 Å². The van der Waals surface area contributed by atoms with Gasteiger partial charge in [0.25, 0.3) is 0 Å². The van der Waals surface area contributed by atoms with E-state index in [1.165, 1.54) is 89.9 Å². The third-order valence-electron chi connectivity index (χ3n) is 6.77. The highest BCUT2D eigenvalue weighted by Crippen LogP contribution is 2.13. The molecule has 0 unspecified atom stereocenters. The Hall–Kier alpha value is -1.59. The van der Waals surface area contributed by atoms with Gasteiger partial charge in [-0.3, -0.25) is 9.59 Å². The fraction of sp³-hybridized carbons (Fsp3) is 0.900. The first kappa shape index (κ1) is 34.4. The number of unbranched alkanes of at least 4 members (excludes halogenated alkanes) is 18. The molecule has 0 saturated carbocycles. The number of carbonyl (C=O) groups excluding carboxylic acids is 2. The Kier molecular flexibility index (Phi) is 25.3. The molecular weight excluding hydrogens is 454 g/mol. The molecule has 0 saturated heterocycles. The van der Waals surface area contributed by atoms with Gasteiger partial charge in [0.2, 0.25) is 5.91 Å². The predicted octanol–water partition coefficient (Wildman–Crippen LogP) is 8.11. The Morgan fingerprint density at radius 2 is 1.03 bits per heavy atom. The smallest absolute Gasteiger partial charge is 0.328 e. The summed E-state index contributed by atoms with van der Waals surface area (Å²) in [7, 11) is 0. The maximum atomic E-state index is 12.5. The van der Waals surface area contributed by atoms with Crippen molar-refractivity contribution >= 4 is 17.8 Å². The molecule has 1 atom stereocenters. The molecule has 0 bridgehead atoms. The molecule has 6 nitrogen and oxygen atoms in total. The number of carboxylic acid groups (broad SMARTS) is 1. The maximum Gasteiger partial charge on any atom is 0.328 e. The Bertz CT molecular complexity index is 537. The number of hydrogen-bond acceptors (Lipinski definition) is 4. The summed E-state index contributed by atoms with van der Waals surface area (Å²) in [5, 5.41) is 11.7. The summed E-state index contributed by atoms with van der Waals surface area (Å²) in [6.45, 7) is 4.79. The van der Waals surface area contributed by atoms with Crippen LogP contribution >= 0.6 is 0 Å². The van der Waals surface area contributed by atoms with Gasteiger partial charge in [-0.25, -0.2) is 4.79 Å². The van der Waals surface area contributed by atoms with Crippen LogP contribution < -0.4 is 5.32 Å². The minimum absolute atomic E-state index is 0.0654. The summed E-state index contributed by atoms with van der Waals surface area (Å²) < 4.78 is 5.37. The number of rotatable bonds is 27. The van der Waals surface area contributed by atoms with Crippen molar-refractivity contribution in [1.82, 2.24) is 5.32 Å². The fourth-order valence-electron chi connectivity index (χ4n) is 4.42. The zero-order valence-corrected chi connectivity index (χ0v) is 23.6. The molecule has 0 aliphatic carbocycles. The van der Waals surface area contributed by atoms with Gasteiger partial charge in [-0.05, 0) is 19.3 Å². The Morgan fingerprint density at radius 1 is 0.611 bits per heavy atom. The molecule has 0 radical (unpaired) electrons. The van der Waals surface area contributed by atoms with Gasteiger partial charge in [0.05, 0.1) is 6.61 Å². The summed E-state index contributed by atoms with van der Waals surface area (Å²) in [6.07, 6.45) is 24.3. The van der Waals surface area contributed by atoms with E-state index in [-0.39, 0.29) is 18.7 Å². The van der Waals surface area contributed by atoms with E-state index < -0.39 is 18.0 Å². The topological polar surface area (TPSA) is 92.7 Å². The van der Waals surface area contributed by atoms with Crippen LogP contribution in [0.5, 0.6) is 0 Å². The average Bonchev–Trinajstić information content (AvgIpc) is 2.85. The number of ether oxygens (including phenoxy) is 1. The fourth-order valence-corrected chi connectivity index (χ4v) is 4.42. The normalized spacial score (nSPS) is 11.8. The van der Waals surface area contributed by atoms with Crippen molar-refractivity contribution in [3.63, 3.8) is 0 Å². The van der Waals surface area contributed by atoms with Crippen LogP contribution in [-0.4, -0.2) is 35.6 Å². The number of carboxylic acids is 1. The highest BCUT2D eigenvalue weighted by atomic mass is 16.5. The van der Waals surface area contributed by atoms with Crippen LogP contribution in [0, 0.1) is 0 Å². The van der Waals surface area contributed by atoms with E-state index in [2.05, 4.69) is 19.2 Å². The largest absolute Gasteiger partial charge is 0.481 e. The number of hydrogen-bond donors (Lipinski definition) is 2. The highest BCUT2D eigenvalue weighted by Gasteiger charge is 2.23. The summed E-state index contributed by atoms with van der Waals surface area (Å²) >= 11 is 0. The van der Waals surface area contributed by atoms with Gasteiger partial charge in [-0.1, -0.05) is 129 Å². The average molecular weight is 512 g/mol. The van der Waals surface area contributed by atoms with E-state index in [0.29, 0.717) is 13.0 Å². The van der Waals surface area contributed by atoms with Crippen molar-refractivity contribution < 1.29 is 24.2 Å². The van der Waals surface area contributed by atoms with Crippen molar-refractivity contribution in [2.75, 3.05) is 6.61 Å². The van der Waals surface area contributed by atoms with Crippen molar-refractivity contribution in [1.29, 1.82) is 0 Å². The molecule has 1 amide bonds. The summed E-state index contributed by atoms with van der Waals surface area (Å²) in [4.78, 5) is 35.8. The maximum absolute atomic E-state index is 12.5. The second-order valence-corrected chi connectivity index (χ2v) is 10.3. The molecule has 0 spiro atoms. The molecule has 0 aliphatic rings. The highest BCUT2D eigenvalue weighted by molar-refractivity contribution is 5.84. The van der Waals surface area contributed by atoms with Gasteiger partial charge in [-0.2, -0.15) is 0 Å². The molecule has 0 aromatic rings. The van der Waals surface area contributed by atoms with Crippen LogP contribution in [0.25, 0.3) is 0 Å². The van der Waals surface area contributed by atoms with Crippen LogP contribution in [0.4, 0.5) is 0 Å². The number of nitrogens with one attached hydrogen (secondary N) is 1. The van der Waals surface area contributed by atoms with E-state index in [1.54, 1.807) is 0 Å². The number of aliphatic carboxylic acids is 1.